The maximum absolute atomic E-state index is 4.41. The molecule has 0 saturated carbocycles. The van der Waals surface area contributed by atoms with Crippen LogP contribution in [0.1, 0.15) is 18.3 Å². The summed E-state index contributed by atoms with van der Waals surface area (Å²) in [4.78, 5) is 4.41. The molecule has 0 spiro atoms. The topological polar surface area (TPSA) is 37.8 Å². The first kappa shape index (κ1) is 11.5. The van der Waals surface area contributed by atoms with Gasteiger partial charge >= 0.3 is 0 Å². The number of rotatable bonds is 4. The summed E-state index contributed by atoms with van der Waals surface area (Å²) in [6.07, 6.45) is 0.767. The Morgan fingerprint density at radius 3 is 2.94 bits per heavy atom. The van der Waals surface area contributed by atoms with Gasteiger partial charge < -0.3 is 5.32 Å². The monoisotopic (exact) mass is 297 g/mol. The van der Waals surface area contributed by atoms with E-state index in [1.807, 2.05) is 18.2 Å². The van der Waals surface area contributed by atoms with Gasteiger partial charge in [-0.3, -0.25) is 0 Å². The van der Waals surface area contributed by atoms with Crippen LogP contribution in [0.15, 0.2) is 28.7 Å². The quantitative estimate of drug-likeness (QED) is 0.941. The summed E-state index contributed by atoms with van der Waals surface area (Å²) in [7, 11) is 0. The largest absolute Gasteiger partial charge is 0.361 e. The van der Waals surface area contributed by atoms with Crippen LogP contribution in [-0.2, 0) is 6.42 Å². The number of aromatic nitrogens is 2. The van der Waals surface area contributed by atoms with Crippen LogP contribution in [0.25, 0.3) is 0 Å². The van der Waals surface area contributed by atoms with Crippen molar-refractivity contribution in [1.29, 1.82) is 0 Å². The summed E-state index contributed by atoms with van der Waals surface area (Å²) in [5.41, 5.74) is 1.21. The molecule has 1 heterocycles. The molecule has 2 aromatic rings. The summed E-state index contributed by atoms with van der Waals surface area (Å²) >= 11 is 4.94. The zero-order valence-electron chi connectivity index (χ0n) is 8.90. The molecule has 1 aromatic carbocycles. The predicted molar refractivity (Wildman–Crippen MR) is 71.0 cm³/mol. The minimum absolute atomic E-state index is 0.767. The highest BCUT2D eigenvalue weighted by atomic mass is 79.9. The molecule has 1 N–H and O–H groups in total. The van der Waals surface area contributed by atoms with Crippen molar-refractivity contribution in [2.45, 2.75) is 13.3 Å². The molecule has 0 aliphatic heterocycles. The second-order valence-corrected chi connectivity index (χ2v) is 4.92. The maximum atomic E-state index is 4.41. The Labute approximate surface area is 107 Å². The molecule has 3 nitrogen and oxygen atoms in total. The number of halogens is 1. The number of nitrogens with zero attached hydrogens (tertiary/aromatic N) is 2. The Bertz CT molecular complexity index is 470. The molecule has 0 amide bonds. The van der Waals surface area contributed by atoms with Crippen molar-refractivity contribution < 1.29 is 0 Å². The minimum atomic E-state index is 0.767. The Balaban J connectivity index is 2.11. The van der Waals surface area contributed by atoms with Crippen molar-refractivity contribution in [3.8, 4) is 0 Å². The molecule has 2 rings (SSSR count). The van der Waals surface area contributed by atoms with Crippen LogP contribution in [0.5, 0.6) is 0 Å². The third-order valence-electron chi connectivity index (χ3n) is 2.10. The van der Waals surface area contributed by atoms with Gasteiger partial charge in [-0.15, -0.1) is 0 Å². The lowest BCUT2D eigenvalue weighted by Gasteiger charge is -2.00. The van der Waals surface area contributed by atoms with Crippen molar-refractivity contribution in [3.63, 3.8) is 0 Å². The molecule has 1 aromatic heterocycles. The first-order chi connectivity index (χ1) is 7.79. The van der Waals surface area contributed by atoms with Gasteiger partial charge in [-0.1, -0.05) is 34.1 Å². The molecular formula is C11H12BrN3S. The third-order valence-corrected chi connectivity index (χ3v) is 3.59. The minimum Gasteiger partial charge on any atom is -0.361 e. The fourth-order valence-electron chi connectivity index (χ4n) is 1.36. The lowest BCUT2D eigenvalue weighted by atomic mass is 10.1. The van der Waals surface area contributed by atoms with Crippen LogP contribution in [0.4, 0.5) is 5.13 Å². The Morgan fingerprint density at radius 1 is 1.38 bits per heavy atom. The van der Waals surface area contributed by atoms with Crippen molar-refractivity contribution in [2.24, 2.45) is 0 Å². The molecule has 0 unspecified atom stereocenters. The second-order valence-electron chi connectivity index (χ2n) is 3.31. The average Bonchev–Trinajstić information content (AvgIpc) is 2.70. The van der Waals surface area contributed by atoms with Gasteiger partial charge in [-0.25, -0.2) is 4.98 Å². The molecular weight excluding hydrogens is 286 g/mol. The standard InChI is InChI=1S/C11H12BrN3S/c1-2-13-11-14-10(15-16-11)7-8-5-3-4-6-9(8)12/h3-6H,2,7H2,1H3,(H,13,14,15). The summed E-state index contributed by atoms with van der Waals surface area (Å²) in [6.45, 7) is 2.93. The van der Waals surface area contributed by atoms with Crippen molar-refractivity contribution in [1.82, 2.24) is 9.36 Å². The van der Waals surface area contributed by atoms with E-state index in [0.29, 0.717) is 0 Å². The summed E-state index contributed by atoms with van der Waals surface area (Å²) in [6, 6.07) is 8.15. The van der Waals surface area contributed by atoms with Crippen LogP contribution >= 0.6 is 27.5 Å². The van der Waals surface area contributed by atoms with Crippen molar-refractivity contribution in [2.75, 3.05) is 11.9 Å². The number of hydrogen-bond acceptors (Lipinski definition) is 4. The van der Waals surface area contributed by atoms with Gasteiger partial charge in [0.2, 0.25) is 5.13 Å². The third kappa shape index (κ3) is 2.80. The first-order valence-corrected chi connectivity index (χ1v) is 6.66. The van der Waals surface area contributed by atoms with E-state index in [0.717, 1.165) is 28.4 Å². The maximum Gasteiger partial charge on any atom is 0.202 e. The molecule has 0 saturated heterocycles. The van der Waals surface area contributed by atoms with E-state index in [4.69, 9.17) is 0 Å². The number of nitrogens with one attached hydrogen (secondary N) is 1. The van der Waals surface area contributed by atoms with E-state index in [1.54, 1.807) is 0 Å². The lowest BCUT2D eigenvalue weighted by Crippen LogP contribution is -1.96. The number of benzene rings is 1. The Hall–Kier alpha value is -0.940. The van der Waals surface area contributed by atoms with Gasteiger partial charge in [-0.2, -0.15) is 4.37 Å². The van der Waals surface area contributed by atoms with Crippen LogP contribution < -0.4 is 5.32 Å². The van der Waals surface area contributed by atoms with E-state index < -0.39 is 0 Å². The van der Waals surface area contributed by atoms with Gasteiger partial charge in [0.1, 0.15) is 5.82 Å². The van der Waals surface area contributed by atoms with Gasteiger partial charge in [0.25, 0.3) is 0 Å². The van der Waals surface area contributed by atoms with E-state index in [1.165, 1.54) is 17.1 Å². The van der Waals surface area contributed by atoms with Crippen molar-refractivity contribution >= 4 is 32.6 Å². The van der Waals surface area contributed by atoms with Crippen molar-refractivity contribution in [3.05, 3.63) is 40.1 Å². The van der Waals surface area contributed by atoms with E-state index in [9.17, 15) is 0 Å². The average molecular weight is 298 g/mol. The van der Waals surface area contributed by atoms with Crippen LogP contribution in [0.3, 0.4) is 0 Å². The highest BCUT2D eigenvalue weighted by molar-refractivity contribution is 9.10. The van der Waals surface area contributed by atoms with E-state index in [-0.39, 0.29) is 0 Å². The van der Waals surface area contributed by atoms with E-state index >= 15 is 0 Å². The molecule has 0 aliphatic rings. The highest BCUT2D eigenvalue weighted by Gasteiger charge is 2.06. The Kier molecular flexibility index (Phi) is 3.90. The molecule has 16 heavy (non-hydrogen) atoms. The molecule has 0 fully saturated rings. The summed E-state index contributed by atoms with van der Waals surface area (Å²) in [5, 5.41) is 4.05. The number of anilines is 1. The molecule has 5 heteroatoms. The van der Waals surface area contributed by atoms with Gasteiger partial charge in [0.05, 0.1) is 0 Å². The van der Waals surface area contributed by atoms with Crippen LogP contribution in [0.2, 0.25) is 0 Å². The molecule has 0 radical (unpaired) electrons. The Morgan fingerprint density at radius 2 is 2.19 bits per heavy atom. The van der Waals surface area contributed by atoms with Crippen LogP contribution in [-0.4, -0.2) is 15.9 Å². The van der Waals surface area contributed by atoms with Gasteiger partial charge in [-0.05, 0) is 18.6 Å². The zero-order valence-corrected chi connectivity index (χ0v) is 11.3. The van der Waals surface area contributed by atoms with Gasteiger partial charge in [0, 0.05) is 29.0 Å². The first-order valence-electron chi connectivity index (χ1n) is 5.09. The summed E-state index contributed by atoms with van der Waals surface area (Å²) in [5.74, 6) is 0.868. The smallest absolute Gasteiger partial charge is 0.202 e. The predicted octanol–water partition coefficient (Wildman–Crippen LogP) is 3.32. The summed E-state index contributed by atoms with van der Waals surface area (Å²) < 4.78 is 5.42. The molecule has 0 atom stereocenters. The lowest BCUT2D eigenvalue weighted by molar-refractivity contribution is 1.03. The van der Waals surface area contributed by atoms with E-state index in [2.05, 4.69) is 43.6 Å². The SMILES string of the molecule is CCNc1nc(Cc2ccccc2Br)ns1. The molecule has 84 valence electrons. The molecule has 0 aliphatic carbocycles. The number of hydrogen-bond donors (Lipinski definition) is 1. The van der Waals surface area contributed by atoms with Crippen LogP contribution in [0, 0.1) is 0 Å². The fraction of sp³-hybridized carbons (Fsp3) is 0.273. The zero-order chi connectivity index (χ0) is 11.4. The highest BCUT2D eigenvalue weighted by Crippen LogP contribution is 2.20. The van der Waals surface area contributed by atoms with Gasteiger partial charge in [0.15, 0.2) is 0 Å². The molecule has 0 bridgehead atoms. The second kappa shape index (κ2) is 5.41. The normalized spacial score (nSPS) is 10.4. The fourth-order valence-corrected chi connectivity index (χ4v) is 2.44.